The van der Waals surface area contributed by atoms with E-state index >= 15 is 4.39 Å². The lowest BCUT2D eigenvalue weighted by atomic mass is 10.1. The summed E-state index contributed by atoms with van der Waals surface area (Å²) in [6.07, 6.45) is 0. The van der Waals surface area contributed by atoms with Crippen molar-refractivity contribution in [2.45, 2.75) is 0 Å². The topological polar surface area (TPSA) is 57.4 Å². The van der Waals surface area contributed by atoms with Crippen LogP contribution in [0.25, 0.3) is 55.0 Å². The molecule has 0 bridgehead atoms. The lowest BCUT2D eigenvalue weighted by molar-refractivity contribution is 0.619. The molecule has 4 nitrogen and oxygen atoms in total. The Labute approximate surface area is 211 Å². The molecule has 5 heteroatoms. The van der Waals surface area contributed by atoms with E-state index in [1.54, 1.807) is 6.07 Å². The molecule has 0 saturated carbocycles. The smallest absolute Gasteiger partial charge is 0.160 e. The minimum absolute atomic E-state index is 0.149. The number of benzene rings is 5. The molecule has 0 amide bonds. The molecule has 0 fully saturated rings. The number of hydrogen-bond donors (Lipinski definition) is 0. The first-order valence-electron chi connectivity index (χ1n) is 11.9. The highest BCUT2D eigenvalue weighted by atomic mass is 19.1. The average Bonchev–Trinajstić information content (AvgIpc) is 3.46. The molecule has 2 aromatic heterocycles. The van der Waals surface area contributed by atoms with Crippen LogP contribution in [0.15, 0.2) is 103 Å². The third kappa shape index (κ3) is 2.80. The van der Waals surface area contributed by atoms with Gasteiger partial charge < -0.3 is 9.13 Å². The molecule has 2 heterocycles. The van der Waals surface area contributed by atoms with E-state index in [1.165, 1.54) is 6.07 Å². The van der Waals surface area contributed by atoms with Crippen molar-refractivity contribution in [1.82, 2.24) is 9.13 Å². The van der Waals surface area contributed by atoms with E-state index in [1.807, 2.05) is 71.3 Å². The van der Waals surface area contributed by atoms with Gasteiger partial charge in [0.15, 0.2) is 5.82 Å². The molecule has 0 spiro atoms. The summed E-state index contributed by atoms with van der Waals surface area (Å²) in [5, 5.41) is 23.5. The van der Waals surface area contributed by atoms with Crippen LogP contribution in [0.5, 0.6) is 0 Å². The fourth-order valence-electron chi connectivity index (χ4n) is 5.54. The van der Waals surface area contributed by atoms with E-state index < -0.39 is 5.82 Å². The zero-order chi connectivity index (χ0) is 25.1. The second-order valence-corrected chi connectivity index (χ2v) is 8.94. The Bertz CT molecular complexity index is 2120. The molecule has 37 heavy (non-hydrogen) atoms. The summed E-state index contributed by atoms with van der Waals surface area (Å²) in [4.78, 5) is 0. The van der Waals surface area contributed by atoms with Crippen molar-refractivity contribution in [3.63, 3.8) is 0 Å². The van der Waals surface area contributed by atoms with E-state index in [-0.39, 0.29) is 11.1 Å². The van der Waals surface area contributed by atoms with Gasteiger partial charge in [-0.3, -0.25) is 0 Å². The summed E-state index contributed by atoms with van der Waals surface area (Å²) in [7, 11) is 0. The Morgan fingerprint density at radius 1 is 0.541 bits per heavy atom. The summed E-state index contributed by atoms with van der Waals surface area (Å²) in [6, 6.07) is 37.6. The Kier molecular flexibility index (Phi) is 4.42. The molecule has 0 atom stereocenters. The highest BCUT2D eigenvalue weighted by molar-refractivity contribution is 6.23. The van der Waals surface area contributed by atoms with Crippen molar-refractivity contribution in [3.8, 4) is 23.5 Å². The van der Waals surface area contributed by atoms with Crippen molar-refractivity contribution >= 4 is 43.6 Å². The van der Waals surface area contributed by atoms with Gasteiger partial charge in [0.05, 0.1) is 33.3 Å². The number of rotatable bonds is 2. The van der Waals surface area contributed by atoms with Gasteiger partial charge in [-0.25, -0.2) is 4.39 Å². The molecule has 0 saturated heterocycles. The molecule has 5 aromatic carbocycles. The van der Waals surface area contributed by atoms with Gasteiger partial charge in [-0.05, 0) is 36.4 Å². The third-order valence-corrected chi connectivity index (χ3v) is 7.08. The monoisotopic (exact) mass is 476 g/mol. The number of halogens is 1. The van der Waals surface area contributed by atoms with Gasteiger partial charge in [-0.15, -0.1) is 0 Å². The molecule has 7 aromatic rings. The second-order valence-electron chi connectivity index (χ2n) is 8.94. The van der Waals surface area contributed by atoms with Gasteiger partial charge in [-0.1, -0.05) is 66.7 Å². The first-order chi connectivity index (χ1) is 18.2. The normalized spacial score (nSPS) is 11.3. The van der Waals surface area contributed by atoms with Gasteiger partial charge in [-0.2, -0.15) is 10.5 Å². The van der Waals surface area contributed by atoms with Crippen LogP contribution in [0, 0.1) is 28.5 Å². The van der Waals surface area contributed by atoms with Crippen LogP contribution in [0.2, 0.25) is 0 Å². The van der Waals surface area contributed by atoms with Gasteiger partial charge in [0.2, 0.25) is 0 Å². The van der Waals surface area contributed by atoms with Crippen LogP contribution in [0.1, 0.15) is 11.1 Å². The van der Waals surface area contributed by atoms with Crippen LogP contribution in [0.4, 0.5) is 4.39 Å². The Morgan fingerprint density at radius 2 is 1.11 bits per heavy atom. The maximum atomic E-state index is 15.3. The standard InChI is InChI=1S/C32H17FN4/c33-30-20(18-34)14-17-29(26(30)19-35)37-28-13-7-5-11-23(28)25-16-15-24-22-10-4-6-12-27(22)36(31(24)32(25)37)21-8-2-1-3-9-21/h1-17H. The first kappa shape index (κ1) is 20.9. The van der Waals surface area contributed by atoms with Crippen molar-refractivity contribution in [2.24, 2.45) is 0 Å². The van der Waals surface area contributed by atoms with Gasteiger partial charge in [0, 0.05) is 27.2 Å². The van der Waals surface area contributed by atoms with Crippen molar-refractivity contribution in [1.29, 1.82) is 10.5 Å². The number of hydrogen-bond acceptors (Lipinski definition) is 2. The number of nitriles is 2. The maximum absolute atomic E-state index is 15.3. The first-order valence-corrected chi connectivity index (χ1v) is 11.9. The summed E-state index contributed by atoms with van der Waals surface area (Å²) >= 11 is 0. The predicted octanol–water partition coefficient (Wildman–Crippen LogP) is 7.76. The molecule has 0 aliphatic rings. The van der Waals surface area contributed by atoms with Gasteiger partial charge >= 0.3 is 0 Å². The molecule has 0 N–H and O–H groups in total. The number of aromatic nitrogens is 2. The SMILES string of the molecule is N#Cc1ccc(-n2c3ccccc3c3ccc4c5ccccc5n(-c5ccccc5)c4c32)c(C#N)c1F. The molecule has 0 radical (unpaired) electrons. The Morgan fingerprint density at radius 3 is 1.73 bits per heavy atom. The lowest BCUT2D eigenvalue weighted by Gasteiger charge is -2.14. The maximum Gasteiger partial charge on any atom is 0.160 e. The van der Waals surface area contributed by atoms with E-state index in [9.17, 15) is 10.5 Å². The summed E-state index contributed by atoms with van der Waals surface area (Å²) in [5.74, 6) is -0.802. The van der Waals surface area contributed by atoms with E-state index in [4.69, 9.17) is 0 Å². The van der Waals surface area contributed by atoms with E-state index in [0.717, 1.165) is 49.3 Å². The van der Waals surface area contributed by atoms with Crippen LogP contribution >= 0.6 is 0 Å². The highest BCUT2D eigenvalue weighted by Crippen LogP contribution is 2.42. The Hall–Kier alpha value is -5.39. The van der Waals surface area contributed by atoms with Crippen LogP contribution < -0.4 is 0 Å². The quantitative estimate of drug-likeness (QED) is 0.256. The van der Waals surface area contributed by atoms with Gasteiger partial charge in [0.1, 0.15) is 17.7 Å². The van der Waals surface area contributed by atoms with Crippen molar-refractivity contribution < 1.29 is 4.39 Å². The molecule has 0 aliphatic heterocycles. The van der Waals surface area contributed by atoms with E-state index in [2.05, 4.69) is 41.0 Å². The minimum atomic E-state index is -0.802. The van der Waals surface area contributed by atoms with Crippen LogP contribution in [-0.4, -0.2) is 9.13 Å². The molecule has 0 unspecified atom stereocenters. The molecular formula is C32H17FN4. The lowest BCUT2D eigenvalue weighted by Crippen LogP contribution is -2.03. The minimum Gasteiger partial charge on any atom is -0.307 e. The van der Waals surface area contributed by atoms with Gasteiger partial charge in [0.25, 0.3) is 0 Å². The summed E-state index contributed by atoms with van der Waals surface area (Å²) in [6.45, 7) is 0. The predicted molar refractivity (Wildman–Crippen MR) is 145 cm³/mol. The second kappa shape index (κ2) is 7.81. The fourth-order valence-corrected chi connectivity index (χ4v) is 5.54. The third-order valence-electron chi connectivity index (χ3n) is 7.08. The van der Waals surface area contributed by atoms with Crippen molar-refractivity contribution in [3.05, 3.63) is 120 Å². The van der Waals surface area contributed by atoms with Crippen LogP contribution in [0.3, 0.4) is 0 Å². The van der Waals surface area contributed by atoms with Crippen molar-refractivity contribution in [2.75, 3.05) is 0 Å². The zero-order valence-electron chi connectivity index (χ0n) is 19.5. The number of para-hydroxylation sites is 3. The highest BCUT2D eigenvalue weighted by Gasteiger charge is 2.23. The summed E-state index contributed by atoms with van der Waals surface area (Å²) in [5.41, 5.74) is 4.86. The fraction of sp³-hybridized carbons (Fsp3) is 0. The van der Waals surface area contributed by atoms with E-state index in [0.29, 0.717) is 5.69 Å². The molecule has 0 aliphatic carbocycles. The Balaban J connectivity index is 1.79. The number of nitrogens with zero attached hydrogens (tertiary/aromatic N) is 4. The molecule has 172 valence electrons. The largest absolute Gasteiger partial charge is 0.307 e. The summed E-state index contributed by atoms with van der Waals surface area (Å²) < 4.78 is 19.5. The number of fused-ring (bicyclic) bond motifs is 7. The molecule has 7 rings (SSSR count). The van der Waals surface area contributed by atoms with Crippen LogP contribution in [-0.2, 0) is 0 Å². The zero-order valence-corrected chi connectivity index (χ0v) is 19.5. The average molecular weight is 477 g/mol. The molecular weight excluding hydrogens is 459 g/mol.